The Morgan fingerprint density at radius 2 is 1.49 bits per heavy atom. The number of benzene rings is 4. The number of carbonyl (C=O) groups is 2. The second kappa shape index (κ2) is 12.1. The fourth-order valence-electron chi connectivity index (χ4n) is 8.73. The molecule has 3 heterocycles. The molecule has 4 aliphatic rings. The first kappa shape index (κ1) is 30.1. The lowest BCUT2D eigenvalue weighted by Gasteiger charge is -2.44. The number of hydrogen-bond donors (Lipinski definition) is 2. The molecular formula is C39H40N2O6. The number of aliphatic hydroxyl groups is 1. The van der Waals surface area contributed by atoms with E-state index in [0.29, 0.717) is 24.0 Å². The lowest BCUT2D eigenvalue weighted by atomic mass is 9.64. The van der Waals surface area contributed by atoms with Gasteiger partial charge >= 0.3 is 0 Å². The maximum Gasteiger partial charge on any atom is 0.233 e. The Morgan fingerprint density at radius 1 is 0.809 bits per heavy atom. The summed E-state index contributed by atoms with van der Waals surface area (Å²) in [5.41, 5.74) is 2.10. The Bertz CT molecular complexity index is 1770. The fraction of sp³-hybridized carbons (Fsp3) is 0.385. The molecule has 8 heteroatoms. The summed E-state index contributed by atoms with van der Waals surface area (Å²) in [5, 5.41) is 24.6. The van der Waals surface area contributed by atoms with E-state index in [4.69, 9.17) is 9.47 Å². The predicted octanol–water partition coefficient (Wildman–Crippen LogP) is 5.68. The fourth-order valence-corrected chi connectivity index (χ4v) is 8.73. The molecule has 0 bridgehead atoms. The van der Waals surface area contributed by atoms with Gasteiger partial charge in [-0.05, 0) is 60.4 Å². The van der Waals surface area contributed by atoms with Crippen LogP contribution in [0, 0.1) is 23.7 Å². The van der Waals surface area contributed by atoms with Crippen LogP contribution in [-0.2, 0) is 20.9 Å². The van der Waals surface area contributed by atoms with Gasteiger partial charge in [-0.1, -0.05) is 78.9 Å². The summed E-state index contributed by atoms with van der Waals surface area (Å²) in [7, 11) is 0. The number of hydrogen-bond acceptors (Lipinski definition) is 7. The summed E-state index contributed by atoms with van der Waals surface area (Å²) < 4.78 is 12.8. The number of rotatable bonds is 7. The molecule has 47 heavy (non-hydrogen) atoms. The van der Waals surface area contributed by atoms with Gasteiger partial charge in [-0.25, -0.2) is 0 Å². The van der Waals surface area contributed by atoms with E-state index in [0.717, 1.165) is 43.4 Å². The molecule has 1 aliphatic carbocycles. The number of para-hydroxylation sites is 1. The molecule has 1 saturated carbocycles. The molecule has 8 rings (SSSR count). The number of piperidine rings is 1. The van der Waals surface area contributed by atoms with E-state index in [9.17, 15) is 19.8 Å². The Kier molecular flexibility index (Phi) is 7.75. The highest BCUT2D eigenvalue weighted by molar-refractivity contribution is 6.06. The van der Waals surface area contributed by atoms with Crippen LogP contribution in [0.15, 0.2) is 97.1 Å². The molecule has 2 amide bonds. The van der Waals surface area contributed by atoms with Crippen LogP contribution >= 0.6 is 0 Å². The molecule has 3 saturated heterocycles. The molecule has 0 radical (unpaired) electrons. The average Bonchev–Trinajstić information content (AvgIpc) is 3.58. The molecule has 3 aliphatic heterocycles. The van der Waals surface area contributed by atoms with Crippen molar-refractivity contribution in [3.8, 4) is 11.5 Å². The molecule has 0 aromatic heterocycles. The van der Waals surface area contributed by atoms with Crippen LogP contribution in [0.25, 0.3) is 10.8 Å². The van der Waals surface area contributed by atoms with E-state index in [1.807, 2.05) is 78.9 Å². The zero-order chi connectivity index (χ0) is 32.1. The average molecular weight is 633 g/mol. The first-order valence-electron chi connectivity index (χ1n) is 16.8. The van der Waals surface area contributed by atoms with Crippen LogP contribution in [0.2, 0.25) is 0 Å². The molecule has 2 N–H and O–H groups in total. The van der Waals surface area contributed by atoms with E-state index >= 15 is 0 Å². The number of aromatic hydroxyl groups is 1. The molecule has 242 valence electrons. The molecule has 6 atom stereocenters. The zero-order valence-corrected chi connectivity index (χ0v) is 26.3. The van der Waals surface area contributed by atoms with Crippen LogP contribution in [-0.4, -0.2) is 63.4 Å². The summed E-state index contributed by atoms with van der Waals surface area (Å²) in [6.45, 7) is 2.63. The van der Waals surface area contributed by atoms with Crippen molar-refractivity contribution in [2.75, 3.05) is 19.7 Å². The van der Waals surface area contributed by atoms with Gasteiger partial charge in [-0.2, -0.15) is 0 Å². The minimum absolute atomic E-state index is 0.119. The van der Waals surface area contributed by atoms with Crippen molar-refractivity contribution in [2.45, 2.75) is 50.2 Å². The van der Waals surface area contributed by atoms with Crippen LogP contribution in [0.1, 0.15) is 42.9 Å². The number of carbonyl (C=O) groups excluding carboxylic acids is 2. The quantitative estimate of drug-likeness (QED) is 0.253. The summed E-state index contributed by atoms with van der Waals surface area (Å²) in [5.74, 6) is -3.39. The smallest absolute Gasteiger partial charge is 0.233 e. The van der Waals surface area contributed by atoms with Crippen molar-refractivity contribution in [3.05, 3.63) is 108 Å². The third-order valence-corrected chi connectivity index (χ3v) is 11.0. The topological polar surface area (TPSA) is 99.5 Å². The Labute approximate surface area is 274 Å². The number of phenolic OH excluding ortho intramolecular Hbond substituents is 1. The minimum atomic E-state index is -1.66. The number of nitrogens with zero attached hydrogens (tertiary/aromatic N) is 2. The molecule has 8 nitrogen and oxygen atoms in total. The van der Waals surface area contributed by atoms with Gasteiger partial charge in [0, 0.05) is 42.9 Å². The van der Waals surface area contributed by atoms with Crippen molar-refractivity contribution in [1.29, 1.82) is 0 Å². The number of imide groups is 1. The normalized spacial score (nSPS) is 29.6. The number of ether oxygens (including phenoxy) is 2. The summed E-state index contributed by atoms with van der Waals surface area (Å²) in [6.07, 6.45) is 1.64. The summed E-state index contributed by atoms with van der Waals surface area (Å²) in [6, 6.07) is 30.7. The van der Waals surface area contributed by atoms with Crippen molar-refractivity contribution >= 4 is 22.6 Å². The maximum absolute atomic E-state index is 14.4. The van der Waals surface area contributed by atoms with Gasteiger partial charge in [-0.15, -0.1) is 0 Å². The Balaban J connectivity index is 1.07. The van der Waals surface area contributed by atoms with Gasteiger partial charge in [0.25, 0.3) is 0 Å². The van der Waals surface area contributed by atoms with Crippen molar-refractivity contribution in [3.63, 3.8) is 0 Å². The molecule has 0 unspecified atom stereocenters. The van der Waals surface area contributed by atoms with Gasteiger partial charge < -0.3 is 19.7 Å². The third kappa shape index (κ3) is 5.29. The number of amides is 2. The third-order valence-electron chi connectivity index (χ3n) is 11.0. The van der Waals surface area contributed by atoms with Crippen LogP contribution in [0.4, 0.5) is 0 Å². The monoisotopic (exact) mass is 632 g/mol. The van der Waals surface area contributed by atoms with E-state index in [-0.39, 0.29) is 30.2 Å². The van der Waals surface area contributed by atoms with Crippen LogP contribution in [0.5, 0.6) is 11.5 Å². The molecule has 4 fully saturated rings. The lowest BCUT2D eigenvalue weighted by Crippen LogP contribution is -2.55. The van der Waals surface area contributed by atoms with Crippen molar-refractivity contribution in [1.82, 2.24) is 9.80 Å². The minimum Gasteiger partial charge on any atom is -0.507 e. The van der Waals surface area contributed by atoms with E-state index in [1.54, 1.807) is 11.0 Å². The highest BCUT2D eigenvalue weighted by Gasteiger charge is 2.67. The zero-order valence-electron chi connectivity index (χ0n) is 26.3. The van der Waals surface area contributed by atoms with Crippen LogP contribution < -0.4 is 4.74 Å². The van der Waals surface area contributed by atoms with E-state index in [2.05, 4.69) is 17.0 Å². The number of phenols is 1. The largest absolute Gasteiger partial charge is 0.507 e. The summed E-state index contributed by atoms with van der Waals surface area (Å²) >= 11 is 0. The van der Waals surface area contributed by atoms with Gasteiger partial charge in [0.2, 0.25) is 11.8 Å². The van der Waals surface area contributed by atoms with Crippen molar-refractivity contribution in [2.24, 2.45) is 23.7 Å². The second-order valence-electron chi connectivity index (χ2n) is 13.6. The number of fused-ring (bicyclic) bond motifs is 4. The highest BCUT2D eigenvalue weighted by Crippen LogP contribution is 2.59. The van der Waals surface area contributed by atoms with Gasteiger partial charge in [0.15, 0.2) is 5.79 Å². The Hall–Kier alpha value is -4.24. The first-order chi connectivity index (χ1) is 22.9. The van der Waals surface area contributed by atoms with Gasteiger partial charge in [0.1, 0.15) is 11.5 Å². The first-order valence-corrected chi connectivity index (χ1v) is 16.8. The second-order valence-corrected chi connectivity index (χ2v) is 13.6. The standard InChI is InChI=1S/C39H40N2O6/c42-34-16-15-31(29-13-7-8-14-30(29)34)35-22-33-36-32(21-26(39(33,45)47-35)24-46-28-11-5-2-6-12-28)37(43)41(38(36)44)27-17-19-40(20-18-27)23-25-9-3-1-4-10-25/h1-16,26-27,32-33,35-36,42,45H,17-24H2/t26-,32+,33+,35+,36+,39-/m1/s1. The molecule has 4 aromatic rings. The Morgan fingerprint density at radius 3 is 2.23 bits per heavy atom. The van der Waals surface area contributed by atoms with E-state index < -0.39 is 35.6 Å². The molecular weight excluding hydrogens is 592 g/mol. The predicted molar refractivity (Wildman–Crippen MR) is 176 cm³/mol. The van der Waals surface area contributed by atoms with Gasteiger partial charge in [-0.3, -0.25) is 19.4 Å². The number of likely N-dealkylation sites (tertiary alicyclic amines) is 2. The summed E-state index contributed by atoms with van der Waals surface area (Å²) in [4.78, 5) is 32.5. The molecule has 0 spiro atoms. The van der Waals surface area contributed by atoms with Gasteiger partial charge in [0.05, 0.1) is 24.5 Å². The van der Waals surface area contributed by atoms with Crippen molar-refractivity contribution < 1.29 is 29.3 Å². The van der Waals surface area contributed by atoms with Crippen LogP contribution in [0.3, 0.4) is 0 Å². The highest BCUT2D eigenvalue weighted by atomic mass is 16.6. The lowest BCUT2D eigenvalue weighted by molar-refractivity contribution is -0.272. The maximum atomic E-state index is 14.4. The SMILES string of the molecule is O=C1[C@H]2[C@H](C[C@H](COc3ccccc3)[C@@]3(O)O[C@H](c4ccc(O)c5ccccc45)C[C@@H]23)C(=O)N1C1CCN(Cc2ccccc2)CC1. The van der Waals surface area contributed by atoms with E-state index in [1.165, 1.54) is 5.56 Å². The molecule has 4 aromatic carbocycles.